The first-order chi connectivity index (χ1) is 11.3. The van der Waals surface area contributed by atoms with Crippen LogP contribution >= 0.6 is 0 Å². The summed E-state index contributed by atoms with van der Waals surface area (Å²) in [5, 5.41) is 0. The molecule has 0 aliphatic carbocycles. The zero-order valence-corrected chi connectivity index (χ0v) is 15.0. The number of ether oxygens (including phenoxy) is 2. The van der Waals surface area contributed by atoms with Gasteiger partial charge in [0, 0.05) is 17.8 Å². The zero-order chi connectivity index (χ0) is 17.5. The molecule has 3 rings (SSSR count). The van der Waals surface area contributed by atoms with Crippen LogP contribution < -0.4 is 10.5 Å². The molecule has 2 unspecified atom stereocenters. The van der Waals surface area contributed by atoms with Crippen LogP contribution in [0.1, 0.15) is 57.9 Å². The maximum absolute atomic E-state index is 12.6. The van der Waals surface area contributed by atoms with Crippen LogP contribution in [0.2, 0.25) is 0 Å². The van der Waals surface area contributed by atoms with Gasteiger partial charge in [-0.2, -0.15) is 0 Å². The topological polar surface area (TPSA) is 64.8 Å². The van der Waals surface area contributed by atoms with Crippen LogP contribution in [0.5, 0.6) is 5.75 Å². The van der Waals surface area contributed by atoms with E-state index in [9.17, 15) is 4.79 Å². The van der Waals surface area contributed by atoms with Crippen molar-refractivity contribution in [1.82, 2.24) is 4.90 Å². The smallest absolute Gasteiger partial charge is 0.410 e. The summed E-state index contributed by atoms with van der Waals surface area (Å²) in [4.78, 5) is 14.5. The Morgan fingerprint density at radius 2 is 1.83 bits per heavy atom. The van der Waals surface area contributed by atoms with Crippen LogP contribution in [0.25, 0.3) is 0 Å². The summed E-state index contributed by atoms with van der Waals surface area (Å²) in [7, 11) is 1.69. The predicted octanol–water partition coefficient (Wildman–Crippen LogP) is 3.92. The molecule has 2 saturated heterocycles. The summed E-state index contributed by atoms with van der Waals surface area (Å²) in [5.41, 5.74) is 7.45. The lowest BCUT2D eigenvalue weighted by atomic mass is 9.84. The fraction of sp³-hybridized carbons (Fsp3) is 0.632. The van der Waals surface area contributed by atoms with E-state index in [0.717, 1.165) is 37.1 Å². The monoisotopic (exact) mass is 332 g/mol. The second-order valence-corrected chi connectivity index (χ2v) is 7.94. The normalized spacial score (nSPS) is 26.3. The number of nitrogens with two attached hydrogens (primary N) is 1. The first kappa shape index (κ1) is 16.9. The molecule has 132 valence electrons. The van der Waals surface area contributed by atoms with Crippen molar-refractivity contribution >= 4 is 11.8 Å². The molecule has 2 N–H and O–H groups in total. The van der Waals surface area contributed by atoms with E-state index in [-0.39, 0.29) is 18.2 Å². The van der Waals surface area contributed by atoms with E-state index in [4.69, 9.17) is 15.2 Å². The number of methoxy groups -OCH3 is 1. The number of anilines is 1. The lowest BCUT2D eigenvalue weighted by Crippen LogP contribution is -2.48. The number of piperidine rings is 1. The van der Waals surface area contributed by atoms with Crippen molar-refractivity contribution in [1.29, 1.82) is 0 Å². The van der Waals surface area contributed by atoms with E-state index in [2.05, 4.69) is 0 Å². The van der Waals surface area contributed by atoms with Crippen molar-refractivity contribution in [3.05, 3.63) is 23.8 Å². The number of benzene rings is 1. The molecule has 2 fully saturated rings. The Balaban J connectivity index is 1.78. The first-order valence-corrected chi connectivity index (χ1v) is 8.73. The van der Waals surface area contributed by atoms with Gasteiger partial charge in [-0.3, -0.25) is 0 Å². The average molecular weight is 332 g/mol. The Morgan fingerprint density at radius 1 is 1.21 bits per heavy atom. The van der Waals surface area contributed by atoms with Gasteiger partial charge in [0.2, 0.25) is 0 Å². The van der Waals surface area contributed by atoms with Crippen LogP contribution in [0.3, 0.4) is 0 Å². The number of rotatable bonds is 2. The van der Waals surface area contributed by atoms with Crippen molar-refractivity contribution in [3.8, 4) is 5.75 Å². The third-order valence-corrected chi connectivity index (χ3v) is 5.03. The summed E-state index contributed by atoms with van der Waals surface area (Å²) in [6.45, 7) is 5.74. The number of hydrogen-bond acceptors (Lipinski definition) is 4. The number of hydrogen-bond donors (Lipinski definition) is 1. The molecule has 0 aromatic heterocycles. The lowest BCUT2D eigenvalue weighted by Gasteiger charge is -2.40. The van der Waals surface area contributed by atoms with Gasteiger partial charge < -0.3 is 20.1 Å². The molecule has 2 aliphatic rings. The fourth-order valence-electron chi connectivity index (χ4n) is 4.12. The van der Waals surface area contributed by atoms with E-state index in [1.54, 1.807) is 7.11 Å². The van der Waals surface area contributed by atoms with E-state index in [1.165, 1.54) is 5.56 Å². The largest absolute Gasteiger partial charge is 0.496 e. The summed E-state index contributed by atoms with van der Waals surface area (Å²) in [6.07, 6.45) is 3.80. The number of carbonyl (C=O) groups excluding carboxylic acids is 1. The van der Waals surface area contributed by atoms with Crippen molar-refractivity contribution < 1.29 is 14.3 Å². The molecule has 5 heteroatoms. The molecule has 1 aromatic carbocycles. The average Bonchev–Trinajstić information content (AvgIpc) is 2.76. The molecular weight excluding hydrogens is 304 g/mol. The highest BCUT2D eigenvalue weighted by molar-refractivity contribution is 5.70. The fourth-order valence-corrected chi connectivity index (χ4v) is 4.12. The third-order valence-electron chi connectivity index (χ3n) is 5.03. The SMILES string of the molecule is COc1ccc(N)cc1C1CC2CCC(C1)N2C(=O)OC(C)(C)C. The van der Waals surface area contributed by atoms with Gasteiger partial charge in [0.25, 0.3) is 0 Å². The number of fused-ring (bicyclic) bond motifs is 2. The summed E-state index contributed by atoms with van der Waals surface area (Å²) >= 11 is 0. The highest BCUT2D eigenvalue weighted by Gasteiger charge is 2.45. The summed E-state index contributed by atoms with van der Waals surface area (Å²) in [6, 6.07) is 6.32. The first-order valence-electron chi connectivity index (χ1n) is 8.73. The lowest BCUT2D eigenvalue weighted by molar-refractivity contribution is 0.00579. The molecule has 2 aliphatic heterocycles. The molecule has 5 nitrogen and oxygen atoms in total. The molecule has 2 atom stereocenters. The summed E-state index contributed by atoms with van der Waals surface area (Å²) in [5.74, 6) is 1.26. The second kappa shape index (κ2) is 6.19. The second-order valence-electron chi connectivity index (χ2n) is 7.94. The molecule has 2 heterocycles. The Bertz CT molecular complexity index is 610. The van der Waals surface area contributed by atoms with E-state index in [1.807, 2.05) is 43.9 Å². The minimum Gasteiger partial charge on any atom is -0.496 e. The van der Waals surface area contributed by atoms with E-state index >= 15 is 0 Å². The number of nitrogens with zero attached hydrogens (tertiary/aromatic N) is 1. The summed E-state index contributed by atoms with van der Waals surface area (Å²) < 4.78 is 11.1. The number of amides is 1. The Labute approximate surface area is 144 Å². The van der Waals surface area contributed by atoms with Crippen LogP contribution in [0.15, 0.2) is 18.2 Å². The molecule has 0 spiro atoms. The predicted molar refractivity (Wildman–Crippen MR) is 94.3 cm³/mol. The van der Waals surface area contributed by atoms with Crippen molar-refractivity contribution in [3.63, 3.8) is 0 Å². The third kappa shape index (κ3) is 3.30. The van der Waals surface area contributed by atoms with Gasteiger partial charge in [0.15, 0.2) is 0 Å². The highest BCUT2D eigenvalue weighted by atomic mass is 16.6. The Kier molecular flexibility index (Phi) is 4.37. The Morgan fingerprint density at radius 3 is 2.38 bits per heavy atom. The molecule has 1 amide bonds. The van der Waals surface area contributed by atoms with Gasteiger partial charge in [-0.15, -0.1) is 0 Å². The van der Waals surface area contributed by atoms with Gasteiger partial charge in [-0.1, -0.05) is 0 Å². The highest BCUT2D eigenvalue weighted by Crippen LogP contribution is 2.46. The molecule has 24 heavy (non-hydrogen) atoms. The zero-order valence-electron chi connectivity index (χ0n) is 15.0. The Hall–Kier alpha value is -1.91. The van der Waals surface area contributed by atoms with Gasteiger partial charge in [0.1, 0.15) is 11.4 Å². The van der Waals surface area contributed by atoms with Gasteiger partial charge >= 0.3 is 6.09 Å². The minimum absolute atomic E-state index is 0.173. The van der Waals surface area contributed by atoms with Crippen LogP contribution in [-0.2, 0) is 4.74 Å². The van der Waals surface area contributed by atoms with Crippen molar-refractivity contribution in [2.24, 2.45) is 0 Å². The number of nitrogen functional groups attached to an aromatic ring is 1. The quantitative estimate of drug-likeness (QED) is 0.834. The van der Waals surface area contributed by atoms with Gasteiger partial charge in [-0.25, -0.2) is 4.79 Å². The van der Waals surface area contributed by atoms with E-state index in [0.29, 0.717) is 5.92 Å². The minimum atomic E-state index is -0.454. The molecule has 2 bridgehead atoms. The van der Waals surface area contributed by atoms with Gasteiger partial charge in [-0.05, 0) is 76.1 Å². The van der Waals surface area contributed by atoms with Crippen molar-refractivity contribution in [2.75, 3.05) is 12.8 Å². The number of carbonyl (C=O) groups is 1. The molecule has 0 saturated carbocycles. The molecule has 1 aromatic rings. The standard InChI is InChI=1S/C19H28N2O3/c1-19(2,3)24-18(22)21-14-6-7-15(21)10-12(9-14)16-11-13(20)5-8-17(16)23-4/h5,8,11-12,14-15H,6-7,9-10,20H2,1-4H3. The molecular formula is C19H28N2O3. The van der Waals surface area contributed by atoms with Crippen molar-refractivity contribution in [2.45, 2.75) is 70.1 Å². The van der Waals surface area contributed by atoms with Crippen LogP contribution in [0, 0.1) is 0 Å². The maximum Gasteiger partial charge on any atom is 0.410 e. The molecule has 0 radical (unpaired) electrons. The van der Waals surface area contributed by atoms with E-state index < -0.39 is 5.60 Å². The van der Waals surface area contributed by atoms with Crippen LogP contribution in [-0.4, -0.2) is 35.8 Å². The van der Waals surface area contributed by atoms with Crippen LogP contribution in [0.4, 0.5) is 10.5 Å². The van der Waals surface area contributed by atoms with Gasteiger partial charge in [0.05, 0.1) is 7.11 Å². The maximum atomic E-state index is 12.6.